The van der Waals surface area contributed by atoms with Crippen molar-refractivity contribution in [1.82, 2.24) is 0 Å². The maximum atomic E-state index is 12.1. The van der Waals surface area contributed by atoms with Crippen molar-refractivity contribution in [3.8, 4) is 0 Å². The molecule has 0 atom stereocenters. The summed E-state index contributed by atoms with van der Waals surface area (Å²) >= 11 is 0. The van der Waals surface area contributed by atoms with Crippen LogP contribution in [0.25, 0.3) is 0 Å². The van der Waals surface area contributed by atoms with Crippen LogP contribution in [0.5, 0.6) is 0 Å². The molecule has 1 fully saturated rings. The zero-order valence-electron chi connectivity index (χ0n) is 8.73. The monoisotopic (exact) mass is 238 g/mol. The van der Waals surface area contributed by atoms with Crippen molar-refractivity contribution in [2.24, 2.45) is 5.41 Å². The van der Waals surface area contributed by atoms with E-state index < -0.39 is 0 Å². The summed E-state index contributed by atoms with van der Waals surface area (Å²) in [7, 11) is 3.63. The molecule has 3 heteroatoms. The Morgan fingerprint density at radius 2 is 1.87 bits per heavy atom. The number of hydrogen-bond donors (Lipinski definition) is 0. The second kappa shape index (κ2) is 4.62. The summed E-state index contributed by atoms with van der Waals surface area (Å²) in [5.74, 6) is 2.30. The van der Waals surface area contributed by atoms with E-state index >= 15 is 0 Å². The lowest BCUT2D eigenvalue weighted by Gasteiger charge is -2.19. The number of ketones is 1. The van der Waals surface area contributed by atoms with Crippen LogP contribution in [0.3, 0.4) is 0 Å². The largest absolute Gasteiger partial charge is 0.299 e. The van der Waals surface area contributed by atoms with Crippen LogP contribution >= 0.6 is 21.6 Å². The number of carbonyl (C=O) groups excluding carboxylic acids is 1. The topological polar surface area (TPSA) is 17.1 Å². The van der Waals surface area contributed by atoms with Gasteiger partial charge in [-0.3, -0.25) is 4.79 Å². The third-order valence-electron chi connectivity index (χ3n) is 2.72. The van der Waals surface area contributed by atoms with Gasteiger partial charge in [0.2, 0.25) is 0 Å². The normalized spacial score (nSPS) is 19.0. The average Bonchev–Trinajstić information content (AvgIpc) is 2.68. The van der Waals surface area contributed by atoms with E-state index in [1.54, 1.807) is 0 Å². The molecule has 0 amide bonds. The van der Waals surface area contributed by atoms with E-state index in [0.717, 1.165) is 17.1 Å². The third-order valence-corrected chi connectivity index (χ3v) is 5.60. The minimum Gasteiger partial charge on any atom is -0.299 e. The predicted octanol–water partition coefficient (Wildman–Crippen LogP) is 3.20. The molecule has 2 rings (SSSR count). The number of Topliss-reactive ketones (excluding diaryl/α,β-unsaturated/α-hetero) is 1. The fourth-order valence-corrected chi connectivity index (χ4v) is 4.94. The highest BCUT2D eigenvalue weighted by molar-refractivity contribution is 8.77. The first kappa shape index (κ1) is 11.1. The van der Waals surface area contributed by atoms with Gasteiger partial charge in [-0.05, 0) is 5.56 Å². The molecule has 0 N–H and O–H groups in total. The Hall–Kier alpha value is -0.410. The molecule has 1 saturated heterocycles. The molecule has 1 aromatic carbocycles. The smallest absolute Gasteiger partial charge is 0.144 e. The maximum absolute atomic E-state index is 12.1. The maximum Gasteiger partial charge on any atom is 0.144 e. The van der Waals surface area contributed by atoms with E-state index in [4.69, 9.17) is 0 Å². The summed E-state index contributed by atoms with van der Waals surface area (Å²) in [6, 6.07) is 10.0. The van der Waals surface area contributed by atoms with Gasteiger partial charge in [-0.15, -0.1) is 0 Å². The lowest BCUT2D eigenvalue weighted by atomic mass is 9.86. The summed E-state index contributed by atoms with van der Waals surface area (Å²) < 4.78 is 0. The molecular weight excluding hydrogens is 224 g/mol. The molecule has 0 bridgehead atoms. The second-order valence-electron chi connectivity index (χ2n) is 4.17. The van der Waals surface area contributed by atoms with Crippen molar-refractivity contribution >= 4 is 27.4 Å². The van der Waals surface area contributed by atoms with E-state index in [-0.39, 0.29) is 5.41 Å². The van der Waals surface area contributed by atoms with Gasteiger partial charge < -0.3 is 0 Å². The fourth-order valence-electron chi connectivity index (χ4n) is 1.54. The summed E-state index contributed by atoms with van der Waals surface area (Å²) in [5, 5.41) is 0. The Balaban J connectivity index is 2.04. The lowest BCUT2D eigenvalue weighted by Crippen LogP contribution is -2.31. The van der Waals surface area contributed by atoms with E-state index in [1.165, 1.54) is 0 Å². The van der Waals surface area contributed by atoms with Crippen molar-refractivity contribution in [3.63, 3.8) is 0 Å². The summed E-state index contributed by atoms with van der Waals surface area (Å²) in [5.41, 5.74) is 1.02. The number of rotatable bonds is 3. The Kier molecular flexibility index (Phi) is 3.42. The Morgan fingerprint density at radius 1 is 1.27 bits per heavy atom. The van der Waals surface area contributed by atoms with E-state index in [2.05, 4.69) is 6.92 Å². The van der Waals surface area contributed by atoms with Crippen molar-refractivity contribution in [2.45, 2.75) is 13.3 Å². The van der Waals surface area contributed by atoms with E-state index in [1.807, 2.05) is 51.9 Å². The molecule has 1 nitrogen and oxygen atoms in total. The van der Waals surface area contributed by atoms with Crippen LogP contribution in [0, 0.1) is 5.41 Å². The third kappa shape index (κ3) is 2.58. The van der Waals surface area contributed by atoms with Crippen LogP contribution in [0.2, 0.25) is 0 Å². The van der Waals surface area contributed by atoms with Gasteiger partial charge in [-0.1, -0.05) is 58.8 Å². The standard InChI is InChI=1S/C12H14OS2/c1-12(8-14-15-9-12)11(13)7-10-5-3-2-4-6-10/h2-6H,7-9H2,1H3. The molecule has 1 aliphatic heterocycles. The van der Waals surface area contributed by atoms with Gasteiger partial charge in [0.25, 0.3) is 0 Å². The molecule has 0 radical (unpaired) electrons. The molecule has 0 aromatic heterocycles. The van der Waals surface area contributed by atoms with Gasteiger partial charge in [-0.2, -0.15) is 0 Å². The van der Waals surface area contributed by atoms with Crippen LogP contribution in [0.4, 0.5) is 0 Å². The molecule has 0 spiro atoms. The first-order valence-electron chi connectivity index (χ1n) is 5.02. The highest BCUT2D eigenvalue weighted by Crippen LogP contribution is 2.43. The van der Waals surface area contributed by atoms with Crippen LogP contribution < -0.4 is 0 Å². The molecule has 0 aliphatic carbocycles. The predicted molar refractivity (Wildman–Crippen MR) is 68.2 cm³/mol. The molecule has 15 heavy (non-hydrogen) atoms. The molecule has 1 heterocycles. The Morgan fingerprint density at radius 3 is 2.47 bits per heavy atom. The fraction of sp³-hybridized carbons (Fsp3) is 0.417. The molecule has 1 aliphatic rings. The van der Waals surface area contributed by atoms with Crippen molar-refractivity contribution in [3.05, 3.63) is 35.9 Å². The quantitative estimate of drug-likeness (QED) is 0.753. The van der Waals surface area contributed by atoms with Gasteiger partial charge in [0.05, 0.1) is 0 Å². The molecule has 1 aromatic rings. The average molecular weight is 238 g/mol. The van der Waals surface area contributed by atoms with Crippen molar-refractivity contribution < 1.29 is 4.79 Å². The first-order valence-corrected chi connectivity index (χ1v) is 7.51. The van der Waals surface area contributed by atoms with Gasteiger partial charge in [0.15, 0.2) is 0 Å². The van der Waals surface area contributed by atoms with Crippen molar-refractivity contribution in [2.75, 3.05) is 11.5 Å². The highest BCUT2D eigenvalue weighted by atomic mass is 33.1. The Bertz CT molecular complexity index is 342. The van der Waals surface area contributed by atoms with Crippen LogP contribution in [-0.4, -0.2) is 17.3 Å². The number of hydrogen-bond acceptors (Lipinski definition) is 3. The molecular formula is C12H14OS2. The van der Waals surface area contributed by atoms with Crippen molar-refractivity contribution in [1.29, 1.82) is 0 Å². The first-order chi connectivity index (χ1) is 7.21. The molecule has 0 unspecified atom stereocenters. The van der Waals surface area contributed by atoms with E-state index in [0.29, 0.717) is 12.2 Å². The number of carbonyl (C=O) groups is 1. The summed E-state index contributed by atoms with van der Waals surface area (Å²) in [4.78, 5) is 12.1. The summed E-state index contributed by atoms with van der Waals surface area (Å²) in [6.07, 6.45) is 0.582. The number of benzene rings is 1. The SMILES string of the molecule is CC1(C(=O)Cc2ccccc2)CSSC1. The second-order valence-corrected chi connectivity index (χ2v) is 6.63. The van der Waals surface area contributed by atoms with Gasteiger partial charge in [0.1, 0.15) is 5.78 Å². The zero-order valence-corrected chi connectivity index (χ0v) is 10.4. The lowest BCUT2D eigenvalue weighted by molar-refractivity contribution is -0.125. The minimum atomic E-state index is -0.106. The van der Waals surface area contributed by atoms with Gasteiger partial charge in [-0.25, -0.2) is 0 Å². The van der Waals surface area contributed by atoms with Crippen LogP contribution in [0.1, 0.15) is 12.5 Å². The van der Waals surface area contributed by atoms with Crippen LogP contribution in [0.15, 0.2) is 30.3 Å². The van der Waals surface area contributed by atoms with Crippen LogP contribution in [-0.2, 0) is 11.2 Å². The zero-order chi connectivity index (χ0) is 10.7. The molecule has 80 valence electrons. The highest BCUT2D eigenvalue weighted by Gasteiger charge is 2.36. The van der Waals surface area contributed by atoms with Gasteiger partial charge >= 0.3 is 0 Å². The summed E-state index contributed by atoms with van der Waals surface area (Å²) in [6.45, 7) is 2.09. The Labute approximate surface area is 98.4 Å². The minimum absolute atomic E-state index is 0.106. The molecule has 0 saturated carbocycles. The van der Waals surface area contributed by atoms with Gasteiger partial charge in [0, 0.05) is 23.3 Å². The van der Waals surface area contributed by atoms with E-state index in [9.17, 15) is 4.79 Å².